The Hall–Kier alpha value is -1.56. The van der Waals surface area contributed by atoms with Crippen LogP contribution in [0.1, 0.15) is 24.3 Å². The van der Waals surface area contributed by atoms with Crippen molar-refractivity contribution in [3.8, 4) is 0 Å². The van der Waals surface area contributed by atoms with Crippen LogP contribution in [0.2, 0.25) is 0 Å². The number of alkyl halides is 1. The highest BCUT2D eigenvalue weighted by molar-refractivity contribution is 6.18. The van der Waals surface area contributed by atoms with E-state index in [4.69, 9.17) is 11.6 Å². The van der Waals surface area contributed by atoms with Gasteiger partial charge in [-0.1, -0.05) is 13.8 Å². The van der Waals surface area contributed by atoms with Gasteiger partial charge in [0, 0.05) is 25.5 Å². The van der Waals surface area contributed by atoms with Gasteiger partial charge in [0.15, 0.2) is 0 Å². The summed E-state index contributed by atoms with van der Waals surface area (Å²) >= 11 is 5.75. The summed E-state index contributed by atoms with van der Waals surface area (Å²) in [6.07, 6.45) is 1.31. The number of carbonyl (C=O) groups is 1. The molecule has 1 aromatic rings. The maximum absolute atomic E-state index is 11.9. The van der Waals surface area contributed by atoms with Crippen molar-refractivity contribution in [3.05, 3.63) is 28.1 Å². The fraction of sp³-hybridized carbons (Fsp3) is 0.545. The summed E-state index contributed by atoms with van der Waals surface area (Å²) in [4.78, 5) is 21.9. The van der Waals surface area contributed by atoms with E-state index in [2.05, 4.69) is 5.32 Å². The third-order valence-electron chi connectivity index (χ3n) is 2.52. The lowest BCUT2D eigenvalue weighted by atomic mass is 9.96. The van der Waals surface area contributed by atoms with Crippen molar-refractivity contribution < 1.29 is 9.72 Å². The minimum absolute atomic E-state index is 0.0979. The fourth-order valence-electron chi connectivity index (χ4n) is 1.33. The van der Waals surface area contributed by atoms with Crippen molar-refractivity contribution in [1.29, 1.82) is 0 Å². The van der Waals surface area contributed by atoms with Gasteiger partial charge in [0.05, 0.1) is 11.1 Å². The minimum atomic E-state index is -0.528. The molecule has 0 atom stereocenters. The Morgan fingerprint density at radius 3 is 2.67 bits per heavy atom. The summed E-state index contributed by atoms with van der Waals surface area (Å²) in [7, 11) is 1.59. The molecule has 7 heteroatoms. The maximum Gasteiger partial charge on any atom is 0.287 e. The van der Waals surface area contributed by atoms with Gasteiger partial charge in [0.1, 0.15) is 5.69 Å². The zero-order chi connectivity index (χ0) is 13.9. The number of carbonyl (C=O) groups excluding carboxylic acids is 1. The second-order valence-electron chi connectivity index (χ2n) is 4.93. The van der Waals surface area contributed by atoms with Crippen molar-refractivity contribution in [2.24, 2.45) is 12.5 Å². The van der Waals surface area contributed by atoms with Gasteiger partial charge in [0.2, 0.25) is 0 Å². The first-order valence-electron chi connectivity index (χ1n) is 5.42. The van der Waals surface area contributed by atoms with E-state index in [0.29, 0.717) is 12.4 Å². The molecule has 0 aliphatic heterocycles. The first-order chi connectivity index (χ1) is 8.26. The molecule has 1 amide bonds. The average Bonchev–Trinajstić information content (AvgIpc) is 2.69. The third kappa shape index (κ3) is 3.46. The second kappa shape index (κ2) is 5.39. The van der Waals surface area contributed by atoms with E-state index in [1.54, 1.807) is 7.05 Å². The van der Waals surface area contributed by atoms with Crippen LogP contribution in [-0.2, 0) is 7.05 Å². The molecule has 0 saturated heterocycles. The molecule has 1 rings (SSSR count). The Labute approximate surface area is 110 Å². The summed E-state index contributed by atoms with van der Waals surface area (Å²) in [5.41, 5.74) is -0.0553. The molecule has 0 radical (unpaired) electrons. The molecule has 0 aliphatic rings. The van der Waals surface area contributed by atoms with Gasteiger partial charge in [-0.25, -0.2) is 0 Å². The van der Waals surface area contributed by atoms with E-state index in [0.717, 1.165) is 0 Å². The van der Waals surface area contributed by atoms with Crippen LogP contribution < -0.4 is 5.32 Å². The molecule has 0 spiro atoms. The summed E-state index contributed by atoms with van der Waals surface area (Å²) in [5.74, 6) is 0.0735. The van der Waals surface area contributed by atoms with Gasteiger partial charge in [0.25, 0.3) is 11.6 Å². The van der Waals surface area contributed by atoms with Crippen molar-refractivity contribution in [1.82, 2.24) is 9.88 Å². The molecule has 0 aromatic carbocycles. The second-order valence-corrected chi connectivity index (χ2v) is 5.20. The quantitative estimate of drug-likeness (QED) is 0.506. The van der Waals surface area contributed by atoms with Crippen LogP contribution in [-0.4, -0.2) is 27.8 Å². The molecule has 6 nitrogen and oxygen atoms in total. The Morgan fingerprint density at radius 2 is 2.22 bits per heavy atom. The molecule has 18 heavy (non-hydrogen) atoms. The van der Waals surface area contributed by atoms with Gasteiger partial charge < -0.3 is 9.88 Å². The SMILES string of the molecule is Cn1cc([N+](=O)[O-])cc1C(=O)NCC(C)(C)CCl. The largest absolute Gasteiger partial charge is 0.350 e. The number of nitro groups is 1. The van der Waals surface area contributed by atoms with E-state index < -0.39 is 4.92 Å². The van der Waals surface area contributed by atoms with Crippen LogP contribution in [0.4, 0.5) is 5.69 Å². The predicted octanol–water partition coefficient (Wildman–Crippen LogP) is 1.93. The van der Waals surface area contributed by atoms with Crippen LogP contribution >= 0.6 is 11.6 Å². The summed E-state index contributed by atoms with van der Waals surface area (Å²) < 4.78 is 1.43. The number of hydrogen-bond acceptors (Lipinski definition) is 3. The molecule has 100 valence electrons. The fourth-order valence-corrected chi connectivity index (χ4v) is 1.42. The minimum Gasteiger partial charge on any atom is -0.350 e. The van der Waals surface area contributed by atoms with Crippen LogP contribution in [0.15, 0.2) is 12.3 Å². The lowest BCUT2D eigenvalue weighted by Gasteiger charge is -2.21. The van der Waals surface area contributed by atoms with Crippen molar-refractivity contribution in [2.45, 2.75) is 13.8 Å². The number of nitrogens with zero attached hydrogens (tertiary/aromatic N) is 2. The molecule has 0 unspecified atom stereocenters. The highest BCUT2D eigenvalue weighted by Crippen LogP contribution is 2.17. The van der Waals surface area contributed by atoms with Crippen molar-refractivity contribution in [2.75, 3.05) is 12.4 Å². The van der Waals surface area contributed by atoms with Gasteiger partial charge in [-0.15, -0.1) is 11.6 Å². The molecular formula is C11H16ClN3O3. The molecule has 0 saturated carbocycles. The predicted molar refractivity (Wildman–Crippen MR) is 68.9 cm³/mol. The van der Waals surface area contributed by atoms with Gasteiger partial charge in [-0.3, -0.25) is 14.9 Å². The summed E-state index contributed by atoms with van der Waals surface area (Å²) in [5, 5.41) is 13.3. The first-order valence-corrected chi connectivity index (χ1v) is 5.95. The molecule has 1 heterocycles. The van der Waals surface area contributed by atoms with Crippen LogP contribution in [0.3, 0.4) is 0 Å². The number of hydrogen-bond donors (Lipinski definition) is 1. The molecule has 0 bridgehead atoms. The van der Waals surface area contributed by atoms with Gasteiger partial charge in [-0.05, 0) is 5.41 Å². The monoisotopic (exact) mass is 273 g/mol. The van der Waals surface area contributed by atoms with E-state index >= 15 is 0 Å². The van der Waals surface area contributed by atoms with Gasteiger partial charge >= 0.3 is 0 Å². The Kier molecular flexibility index (Phi) is 4.34. The molecular weight excluding hydrogens is 258 g/mol. The Bertz CT molecular complexity index is 468. The Balaban J connectivity index is 2.76. The van der Waals surface area contributed by atoms with Crippen molar-refractivity contribution >= 4 is 23.2 Å². The Morgan fingerprint density at radius 1 is 1.61 bits per heavy atom. The number of halogens is 1. The zero-order valence-electron chi connectivity index (χ0n) is 10.6. The lowest BCUT2D eigenvalue weighted by Crippen LogP contribution is -2.35. The molecule has 0 aliphatic carbocycles. The van der Waals surface area contributed by atoms with E-state index in [9.17, 15) is 14.9 Å². The van der Waals surface area contributed by atoms with E-state index in [1.807, 2.05) is 13.8 Å². The summed E-state index contributed by atoms with van der Waals surface area (Å²) in [6, 6.07) is 1.25. The number of nitrogens with one attached hydrogen (secondary N) is 1. The van der Waals surface area contributed by atoms with Crippen molar-refractivity contribution in [3.63, 3.8) is 0 Å². The lowest BCUT2D eigenvalue weighted by molar-refractivity contribution is -0.384. The maximum atomic E-state index is 11.9. The third-order valence-corrected chi connectivity index (χ3v) is 3.25. The summed E-state index contributed by atoms with van der Waals surface area (Å²) in [6.45, 7) is 4.26. The number of aryl methyl sites for hydroxylation is 1. The molecule has 0 fully saturated rings. The van der Waals surface area contributed by atoms with E-state index in [1.165, 1.54) is 16.8 Å². The molecule has 1 aromatic heterocycles. The standard InChI is InChI=1S/C11H16ClN3O3/c1-11(2,6-12)7-13-10(16)9-4-8(15(17)18)5-14(9)3/h4-5H,6-7H2,1-3H3,(H,13,16). The highest BCUT2D eigenvalue weighted by Gasteiger charge is 2.21. The molecule has 1 N–H and O–H groups in total. The average molecular weight is 274 g/mol. The highest BCUT2D eigenvalue weighted by atomic mass is 35.5. The van der Waals surface area contributed by atoms with E-state index in [-0.39, 0.29) is 22.7 Å². The smallest absolute Gasteiger partial charge is 0.287 e. The number of aromatic nitrogens is 1. The van der Waals surface area contributed by atoms with Gasteiger partial charge in [-0.2, -0.15) is 0 Å². The van der Waals surface area contributed by atoms with Crippen LogP contribution in [0.5, 0.6) is 0 Å². The van der Waals surface area contributed by atoms with Crippen LogP contribution in [0, 0.1) is 15.5 Å². The van der Waals surface area contributed by atoms with Crippen LogP contribution in [0.25, 0.3) is 0 Å². The normalized spacial score (nSPS) is 11.3. The zero-order valence-corrected chi connectivity index (χ0v) is 11.3. The first kappa shape index (κ1) is 14.5. The number of amides is 1. The number of rotatable bonds is 5. The topological polar surface area (TPSA) is 77.2 Å².